The molecule has 3 aromatic rings. The van der Waals surface area contributed by atoms with Gasteiger partial charge in [-0.2, -0.15) is 0 Å². The number of nitrogens with zero attached hydrogens (tertiary/aromatic N) is 1. The van der Waals surface area contributed by atoms with Crippen molar-refractivity contribution in [3.8, 4) is 17.2 Å². The summed E-state index contributed by atoms with van der Waals surface area (Å²) < 4.78 is 47.4. The number of rotatable bonds is 5. The summed E-state index contributed by atoms with van der Waals surface area (Å²) in [5, 5.41) is 20.9. The van der Waals surface area contributed by atoms with Crippen LogP contribution in [0.25, 0.3) is 5.76 Å². The molecule has 1 fully saturated rings. The number of aliphatic hydroxyl groups excluding tert-OH is 1. The first-order valence-corrected chi connectivity index (χ1v) is 11.2. The van der Waals surface area contributed by atoms with Gasteiger partial charge in [0.25, 0.3) is 11.7 Å². The molecule has 0 bridgehead atoms. The molecule has 3 aromatic carbocycles. The first kappa shape index (κ1) is 26.2. The van der Waals surface area contributed by atoms with Gasteiger partial charge in [0, 0.05) is 17.3 Å². The van der Waals surface area contributed by atoms with Crippen LogP contribution in [0, 0.1) is 0 Å². The Hall–Kier alpha value is -3.89. The number of alkyl halides is 3. The standard InChI is InChI=1S/C25H16Cl2F3NO6/c1-36-23-17(26)9-13(10-18(23)27)21(33)19-20(12-5-7-15(32)8-6-12)31(24(35)22(19)34)14-3-2-4-16(11-14)37-25(28,29)30/h2-11,20,32-33H,1H3/b21-19+. The molecule has 7 nitrogen and oxygen atoms in total. The minimum atomic E-state index is -4.99. The van der Waals surface area contributed by atoms with Crippen molar-refractivity contribution in [2.45, 2.75) is 12.4 Å². The smallest absolute Gasteiger partial charge is 0.508 e. The van der Waals surface area contributed by atoms with Crippen LogP contribution in [0.1, 0.15) is 17.2 Å². The number of phenols is 1. The number of Topliss-reactive ketones (excluding diaryl/α,β-unsaturated/α-hetero) is 1. The summed E-state index contributed by atoms with van der Waals surface area (Å²) in [5.41, 5.74) is -0.222. The van der Waals surface area contributed by atoms with Gasteiger partial charge in [0.2, 0.25) is 0 Å². The van der Waals surface area contributed by atoms with Crippen LogP contribution in [0.15, 0.2) is 66.2 Å². The molecular weight excluding hydrogens is 538 g/mol. The number of aliphatic hydroxyl groups is 1. The molecule has 1 aliphatic rings. The summed E-state index contributed by atoms with van der Waals surface area (Å²) in [6.07, 6.45) is -4.99. The third kappa shape index (κ3) is 5.16. The Morgan fingerprint density at radius 1 is 1.00 bits per heavy atom. The molecule has 37 heavy (non-hydrogen) atoms. The van der Waals surface area contributed by atoms with Crippen LogP contribution in [-0.4, -0.2) is 35.4 Å². The summed E-state index contributed by atoms with van der Waals surface area (Å²) in [7, 11) is 1.33. The highest BCUT2D eigenvalue weighted by Crippen LogP contribution is 2.44. The van der Waals surface area contributed by atoms with Crippen molar-refractivity contribution in [2.24, 2.45) is 0 Å². The number of anilines is 1. The highest BCUT2D eigenvalue weighted by atomic mass is 35.5. The van der Waals surface area contributed by atoms with Gasteiger partial charge in [-0.05, 0) is 42.0 Å². The number of halogens is 5. The fraction of sp³-hybridized carbons (Fsp3) is 0.120. The molecule has 0 aliphatic carbocycles. The van der Waals surface area contributed by atoms with Crippen molar-refractivity contribution in [1.29, 1.82) is 0 Å². The van der Waals surface area contributed by atoms with Crippen LogP contribution in [-0.2, 0) is 9.59 Å². The van der Waals surface area contributed by atoms with Crippen LogP contribution in [0.4, 0.5) is 18.9 Å². The number of benzene rings is 3. The number of amides is 1. The number of hydrogen-bond donors (Lipinski definition) is 2. The Morgan fingerprint density at radius 2 is 1.62 bits per heavy atom. The largest absolute Gasteiger partial charge is 0.573 e. The maximum absolute atomic E-state index is 13.2. The Bertz CT molecular complexity index is 1400. The molecule has 1 saturated heterocycles. The zero-order valence-electron chi connectivity index (χ0n) is 18.7. The molecule has 192 valence electrons. The molecule has 0 radical (unpaired) electrons. The molecule has 1 atom stereocenters. The lowest BCUT2D eigenvalue weighted by atomic mass is 9.95. The molecule has 12 heteroatoms. The van der Waals surface area contributed by atoms with E-state index < -0.39 is 35.6 Å². The molecule has 1 unspecified atom stereocenters. The molecule has 0 saturated carbocycles. The van der Waals surface area contributed by atoms with Gasteiger partial charge in [0.05, 0.1) is 28.8 Å². The minimum Gasteiger partial charge on any atom is -0.508 e. The number of aromatic hydroxyl groups is 1. The molecule has 2 N–H and O–H groups in total. The summed E-state index contributed by atoms with van der Waals surface area (Å²) in [6, 6.07) is 11.1. The van der Waals surface area contributed by atoms with Gasteiger partial charge in [-0.3, -0.25) is 14.5 Å². The average Bonchev–Trinajstić information content (AvgIpc) is 3.08. The number of ketones is 1. The second-order valence-electron chi connectivity index (χ2n) is 7.78. The molecule has 0 aromatic heterocycles. The van der Waals surface area contributed by atoms with E-state index in [4.69, 9.17) is 27.9 Å². The van der Waals surface area contributed by atoms with E-state index >= 15 is 0 Å². The predicted octanol–water partition coefficient (Wildman–Crippen LogP) is 6.23. The summed E-state index contributed by atoms with van der Waals surface area (Å²) in [4.78, 5) is 27.3. The lowest BCUT2D eigenvalue weighted by Crippen LogP contribution is -2.29. The van der Waals surface area contributed by atoms with Crippen LogP contribution in [0.3, 0.4) is 0 Å². The number of hydrogen-bond acceptors (Lipinski definition) is 6. The monoisotopic (exact) mass is 553 g/mol. The van der Waals surface area contributed by atoms with Crippen molar-refractivity contribution in [2.75, 3.05) is 12.0 Å². The summed E-state index contributed by atoms with van der Waals surface area (Å²) in [5.74, 6) is -3.47. The second kappa shape index (κ2) is 9.87. The van der Waals surface area contributed by atoms with Gasteiger partial charge in [0.1, 0.15) is 17.3 Å². The fourth-order valence-electron chi connectivity index (χ4n) is 3.95. The topological polar surface area (TPSA) is 96.3 Å². The van der Waals surface area contributed by atoms with Gasteiger partial charge in [-0.25, -0.2) is 0 Å². The van der Waals surface area contributed by atoms with E-state index in [1.807, 2.05) is 0 Å². The maximum Gasteiger partial charge on any atom is 0.573 e. The molecule has 4 rings (SSSR count). The Morgan fingerprint density at radius 3 is 2.19 bits per heavy atom. The van der Waals surface area contributed by atoms with Crippen LogP contribution >= 0.6 is 23.2 Å². The van der Waals surface area contributed by atoms with Crippen molar-refractivity contribution < 1.29 is 42.4 Å². The SMILES string of the molecule is COc1c(Cl)cc(/C(O)=C2\C(=O)C(=O)N(c3cccc(OC(F)(F)F)c3)C2c2ccc(O)cc2)cc1Cl. The molecular formula is C25H16Cl2F3NO6. The molecule has 0 spiro atoms. The van der Waals surface area contributed by atoms with E-state index in [1.54, 1.807) is 0 Å². The number of phenolic OH excluding ortho intramolecular Hbond substituents is 1. The van der Waals surface area contributed by atoms with Gasteiger partial charge < -0.3 is 19.7 Å². The maximum atomic E-state index is 13.2. The van der Waals surface area contributed by atoms with E-state index in [-0.39, 0.29) is 43.9 Å². The van der Waals surface area contributed by atoms with Crippen molar-refractivity contribution in [1.82, 2.24) is 0 Å². The van der Waals surface area contributed by atoms with Gasteiger partial charge in [-0.1, -0.05) is 41.4 Å². The minimum absolute atomic E-state index is 0.00765. The molecule has 1 amide bonds. The number of carbonyl (C=O) groups excluding carboxylic acids is 2. The lowest BCUT2D eigenvalue weighted by Gasteiger charge is -2.26. The van der Waals surface area contributed by atoms with Gasteiger partial charge in [0.15, 0.2) is 5.75 Å². The summed E-state index contributed by atoms with van der Waals surface area (Å²) in [6.45, 7) is 0. The Balaban J connectivity index is 1.92. The predicted molar refractivity (Wildman–Crippen MR) is 129 cm³/mol. The quantitative estimate of drug-likeness (QED) is 0.221. The van der Waals surface area contributed by atoms with Crippen molar-refractivity contribution in [3.05, 3.63) is 87.4 Å². The first-order chi connectivity index (χ1) is 17.4. The van der Waals surface area contributed by atoms with Crippen LogP contribution in [0.5, 0.6) is 17.2 Å². The van der Waals surface area contributed by atoms with Gasteiger partial charge >= 0.3 is 6.36 Å². The third-order valence-electron chi connectivity index (χ3n) is 5.46. The number of methoxy groups -OCH3 is 1. The highest BCUT2D eigenvalue weighted by Gasteiger charge is 2.47. The Kier molecular flexibility index (Phi) is 6.98. The van der Waals surface area contributed by atoms with Crippen LogP contribution < -0.4 is 14.4 Å². The van der Waals surface area contributed by atoms with E-state index in [0.717, 1.165) is 17.0 Å². The fourth-order valence-corrected chi connectivity index (χ4v) is 4.59. The lowest BCUT2D eigenvalue weighted by molar-refractivity contribution is -0.274. The number of ether oxygens (including phenoxy) is 2. The van der Waals surface area contributed by atoms with E-state index in [9.17, 15) is 33.0 Å². The van der Waals surface area contributed by atoms with Crippen LogP contribution in [0.2, 0.25) is 10.0 Å². The highest BCUT2D eigenvalue weighted by molar-refractivity contribution is 6.51. The average molecular weight is 554 g/mol. The van der Waals surface area contributed by atoms with E-state index in [2.05, 4.69) is 4.74 Å². The number of carbonyl (C=O) groups is 2. The molecule has 1 heterocycles. The van der Waals surface area contributed by atoms with Gasteiger partial charge in [-0.15, -0.1) is 13.2 Å². The van der Waals surface area contributed by atoms with Crippen molar-refractivity contribution in [3.63, 3.8) is 0 Å². The van der Waals surface area contributed by atoms with Crippen molar-refractivity contribution >= 4 is 46.3 Å². The van der Waals surface area contributed by atoms with E-state index in [0.29, 0.717) is 0 Å². The Labute approximate surface area is 217 Å². The molecule has 1 aliphatic heterocycles. The zero-order valence-corrected chi connectivity index (χ0v) is 20.2. The summed E-state index contributed by atoms with van der Waals surface area (Å²) >= 11 is 12.4. The normalized spacial score (nSPS) is 17.2. The first-order valence-electron chi connectivity index (χ1n) is 10.4. The van der Waals surface area contributed by atoms with E-state index in [1.165, 1.54) is 55.6 Å². The third-order valence-corrected chi connectivity index (χ3v) is 6.02. The zero-order chi connectivity index (χ0) is 27.1. The second-order valence-corrected chi connectivity index (χ2v) is 8.59.